The molecular formula is C20H22N4OS2. The lowest BCUT2D eigenvalue weighted by Crippen LogP contribution is -2.33. The minimum Gasteiger partial charge on any atom is -0.383 e. The lowest BCUT2D eigenvalue weighted by atomic mass is 9.97. The van der Waals surface area contributed by atoms with Gasteiger partial charge < -0.3 is 10.6 Å². The maximum Gasteiger partial charge on any atom is 0.240 e. The van der Waals surface area contributed by atoms with Crippen molar-refractivity contribution in [3.05, 3.63) is 40.8 Å². The quantitative estimate of drug-likeness (QED) is 0.524. The third-order valence-corrected chi connectivity index (χ3v) is 7.06. The maximum absolute atomic E-state index is 12.8. The molecule has 1 aromatic carbocycles. The van der Waals surface area contributed by atoms with Crippen LogP contribution in [-0.4, -0.2) is 28.2 Å². The third kappa shape index (κ3) is 3.53. The summed E-state index contributed by atoms with van der Waals surface area (Å²) in [5.41, 5.74) is 8.48. The Kier molecular flexibility index (Phi) is 5.06. The number of carbonyl (C=O) groups is 1. The zero-order valence-electron chi connectivity index (χ0n) is 15.4. The van der Waals surface area contributed by atoms with Crippen molar-refractivity contribution in [2.45, 2.75) is 43.0 Å². The zero-order chi connectivity index (χ0) is 19.0. The number of benzene rings is 1. The number of hydrogen-bond donors (Lipinski definition) is 1. The number of rotatable bonds is 4. The van der Waals surface area contributed by atoms with Crippen LogP contribution in [0.4, 0.5) is 11.5 Å². The molecule has 1 atom stereocenters. The van der Waals surface area contributed by atoms with Crippen LogP contribution in [0.25, 0.3) is 10.2 Å². The van der Waals surface area contributed by atoms with Crippen LogP contribution >= 0.6 is 23.1 Å². The molecule has 0 fully saturated rings. The van der Waals surface area contributed by atoms with E-state index in [0.29, 0.717) is 11.0 Å². The first kappa shape index (κ1) is 18.3. The average molecular weight is 399 g/mol. The van der Waals surface area contributed by atoms with Gasteiger partial charge in [-0.05, 0) is 50.3 Å². The van der Waals surface area contributed by atoms with Gasteiger partial charge in [0.25, 0.3) is 0 Å². The molecule has 2 N–H and O–H groups in total. The highest BCUT2D eigenvalue weighted by atomic mass is 32.2. The molecule has 1 aliphatic rings. The van der Waals surface area contributed by atoms with E-state index in [1.807, 2.05) is 37.3 Å². The van der Waals surface area contributed by atoms with E-state index in [2.05, 4.69) is 4.98 Å². The molecule has 1 amide bonds. The van der Waals surface area contributed by atoms with Crippen LogP contribution in [0, 0.1) is 0 Å². The molecule has 0 saturated carbocycles. The number of nitrogens with zero attached hydrogens (tertiary/aromatic N) is 3. The molecule has 3 aromatic rings. The average Bonchev–Trinajstić information content (AvgIpc) is 3.06. The molecule has 0 radical (unpaired) electrons. The van der Waals surface area contributed by atoms with Crippen molar-refractivity contribution >= 4 is 50.7 Å². The second-order valence-electron chi connectivity index (χ2n) is 6.78. The molecule has 27 heavy (non-hydrogen) atoms. The van der Waals surface area contributed by atoms with Gasteiger partial charge in [-0.1, -0.05) is 30.0 Å². The van der Waals surface area contributed by atoms with Crippen LogP contribution in [-0.2, 0) is 17.6 Å². The van der Waals surface area contributed by atoms with E-state index in [-0.39, 0.29) is 11.2 Å². The SMILES string of the molecule is CC(Sc1nc(N)c2c3c(sc2n1)CCCC3)C(=O)N(C)c1ccccc1. The first-order valence-electron chi connectivity index (χ1n) is 9.11. The summed E-state index contributed by atoms with van der Waals surface area (Å²) in [7, 11) is 1.79. The number of thioether (sulfide) groups is 1. The molecule has 0 aliphatic heterocycles. The molecule has 140 valence electrons. The fourth-order valence-corrected chi connectivity index (χ4v) is 5.68. The van der Waals surface area contributed by atoms with Crippen LogP contribution in [0.1, 0.15) is 30.2 Å². The lowest BCUT2D eigenvalue weighted by Gasteiger charge is -2.20. The van der Waals surface area contributed by atoms with E-state index < -0.39 is 0 Å². The molecule has 7 heteroatoms. The van der Waals surface area contributed by atoms with Gasteiger partial charge in [0, 0.05) is 17.6 Å². The van der Waals surface area contributed by atoms with Crippen LogP contribution in [0.2, 0.25) is 0 Å². The number of nitrogens with two attached hydrogens (primary N) is 1. The van der Waals surface area contributed by atoms with Gasteiger partial charge in [-0.15, -0.1) is 11.3 Å². The van der Waals surface area contributed by atoms with Gasteiger partial charge in [0.1, 0.15) is 10.6 Å². The topological polar surface area (TPSA) is 72.1 Å². The van der Waals surface area contributed by atoms with Gasteiger partial charge in [0.2, 0.25) is 5.91 Å². The number of hydrogen-bond acceptors (Lipinski definition) is 6. The second-order valence-corrected chi connectivity index (χ2v) is 9.17. The highest BCUT2D eigenvalue weighted by Gasteiger charge is 2.24. The second kappa shape index (κ2) is 7.48. The monoisotopic (exact) mass is 398 g/mol. The van der Waals surface area contributed by atoms with Gasteiger partial charge in [0.15, 0.2) is 5.16 Å². The Morgan fingerprint density at radius 2 is 1.96 bits per heavy atom. The first-order chi connectivity index (χ1) is 13.0. The third-order valence-electron chi connectivity index (χ3n) is 4.93. The van der Waals surface area contributed by atoms with Crippen molar-refractivity contribution < 1.29 is 4.79 Å². The number of thiophene rings is 1. The molecule has 1 aliphatic carbocycles. The molecule has 0 saturated heterocycles. The summed E-state index contributed by atoms with van der Waals surface area (Å²) in [5, 5.41) is 1.29. The highest BCUT2D eigenvalue weighted by molar-refractivity contribution is 8.00. The molecule has 2 heterocycles. The van der Waals surface area contributed by atoms with E-state index in [4.69, 9.17) is 10.7 Å². The Morgan fingerprint density at radius 3 is 2.74 bits per heavy atom. The summed E-state index contributed by atoms with van der Waals surface area (Å²) in [6, 6.07) is 9.63. The predicted octanol–water partition coefficient (Wildman–Crippen LogP) is 4.30. The van der Waals surface area contributed by atoms with E-state index in [1.54, 1.807) is 23.3 Å². The molecule has 1 unspecified atom stereocenters. The predicted molar refractivity (Wildman–Crippen MR) is 114 cm³/mol. The Hall–Kier alpha value is -2.12. The smallest absolute Gasteiger partial charge is 0.240 e. The molecule has 2 aromatic heterocycles. The number of fused-ring (bicyclic) bond motifs is 3. The van der Waals surface area contributed by atoms with Gasteiger partial charge in [-0.25, -0.2) is 9.97 Å². The Bertz CT molecular complexity index is 987. The fraction of sp³-hybridized carbons (Fsp3) is 0.350. The number of anilines is 2. The van der Waals surface area contributed by atoms with Crippen molar-refractivity contribution in [3.63, 3.8) is 0 Å². The zero-order valence-corrected chi connectivity index (χ0v) is 17.1. The summed E-state index contributed by atoms with van der Waals surface area (Å²) in [5.74, 6) is 0.553. The Balaban J connectivity index is 1.57. The summed E-state index contributed by atoms with van der Waals surface area (Å²) < 4.78 is 0. The number of nitrogen functional groups attached to an aromatic ring is 1. The van der Waals surface area contributed by atoms with E-state index in [9.17, 15) is 4.79 Å². The summed E-state index contributed by atoms with van der Waals surface area (Å²) in [6.45, 7) is 1.88. The Morgan fingerprint density at radius 1 is 1.22 bits per heavy atom. The van der Waals surface area contributed by atoms with Crippen LogP contribution in [0.15, 0.2) is 35.5 Å². The van der Waals surface area contributed by atoms with Crippen molar-refractivity contribution in [1.82, 2.24) is 9.97 Å². The number of aromatic nitrogens is 2. The van der Waals surface area contributed by atoms with E-state index in [1.165, 1.54) is 35.0 Å². The number of amides is 1. The van der Waals surface area contributed by atoms with Gasteiger partial charge in [-0.3, -0.25) is 4.79 Å². The molecule has 4 rings (SSSR count). The van der Waals surface area contributed by atoms with Crippen molar-refractivity contribution in [2.75, 3.05) is 17.7 Å². The van der Waals surface area contributed by atoms with Crippen molar-refractivity contribution in [1.29, 1.82) is 0 Å². The molecular weight excluding hydrogens is 376 g/mol. The maximum atomic E-state index is 12.8. The van der Waals surface area contributed by atoms with Gasteiger partial charge >= 0.3 is 0 Å². The number of aryl methyl sites for hydroxylation is 2. The number of carbonyl (C=O) groups excluding carboxylic acids is 1. The highest BCUT2D eigenvalue weighted by Crippen LogP contribution is 2.39. The first-order valence-corrected chi connectivity index (χ1v) is 10.8. The van der Waals surface area contributed by atoms with Crippen LogP contribution in [0.3, 0.4) is 0 Å². The lowest BCUT2D eigenvalue weighted by molar-refractivity contribution is -0.117. The van der Waals surface area contributed by atoms with Gasteiger partial charge in [0.05, 0.1) is 10.6 Å². The largest absolute Gasteiger partial charge is 0.383 e. The summed E-state index contributed by atoms with van der Waals surface area (Å²) >= 11 is 3.09. The van der Waals surface area contributed by atoms with E-state index in [0.717, 1.165) is 28.7 Å². The number of para-hydroxylation sites is 1. The van der Waals surface area contributed by atoms with Crippen molar-refractivity contribution in [3.8, 4) is 0 Å². The van der Waals surface area contributed by atoms with E-state index >= 15 is 0 Å². The standard InChI is InChI=1S/C20H22N4OS2/c1-12(19(25)24(2)13-8-4-3-5-9-13)26-20-22-17(21)16-14-10-6-7-11-15(14)27-18(16)23-20/h3-5,8-9,12H,6-7,10-11H2,1-2H3,(H2,21,22,23). The van der Waals surface area contributed by atoms with Crippen LogP contribution < -0.4 is 10.6 Å². The van der Waals surface area contributed by atoms with Crippen molar-refractivity contribution in [2.24, 2.45) is 0 Å². The summed E-state index contributed by atoms with van der Waals surface area (Å²) in [6.07, 6.45) is 4.60. The normalized spacial score (nSPS) is 14.7. The molecule has 5 nitrogen and oxygen atoms in total. The minimum absolute atomic E-state index is 0.0129. The fourth-order valence-electron chi connectivity index (χ4n) is 3.48. The minimum atomic E-state index is -0.304. The molecule has 0 spiro atoms. The van der Waals surface area contributed by atoms with Crippen LogP contribution in [0.5, 0.6) is 0 Å². The van der Waals surface area contributed by atoms with Gasteiger partial charge in [-0.2, -0.15) is 0 Å². The molecule has 0 bridgehead atoms. The summed E-state index contributed by atoms with van der Waals surface area (Å²) in [4.78, 5) is 26.0. The Labute approximate surface area is 167 Å².